The van der Waals surface area contributed by atoms with Crippen molar-refractivity contribution in [3.05, 3.63) is 23.5 Å². The van der Waals surface area contributed by atoms with E-state index in [0.29, 0.717) is 31.7 Å². The number of ketones is 1. The smallest absolute Gasteiger partial charge is 0.306 e. The molecule has 0 radical (unpaired) electrons. The van der Waals surface area contributed by atoms with Gasteiger partial charge in [0.1, 0.15) is 5.78 Å². The second-order valence-electron chi connectivity index (χ2n) is 4.71. The largest absolute Gasteiger partial charge is 0.466 e. The third kappa shape index (κ3) is 9.57. The molecule has 4 heteroatoms. The van der Waals surface area contributed by atoms with E-state index in [-0.39, 0.29) is 5.97 Å². The van der Waals surface area contributed by atoms with Gasteiger partial charge in [-0.3, -0.25) is 9.59 Å². The topological polar surface area (TPSA) is 43.4 Å². The summed E-state index contributed by atoms with van der Waals surface area (Å²) in [5.74, 6) is 0.162. The average molecular weight is 312 g/mol. The van der Waals surface area contributed by atoms with Crippen LogP contribution in [0.2, 0.25) is 0 Å². The highest BCUT2D eigenvalue weighted by molar-refractivity contribution is 7.62. The van der Waals surface area contributed by atoms with Crippen LogP contribution in [-0.4, -0.2) is 30.7 Å². The van der Waals surface area contributed by atoms with Crippen LogP contribution in [0.3, 0.4) is 0 Å². The summed E-state index contributed by atoms with van der Waals surface area (Å²) in [5, 5.41) is 1.28. The van der Waals surface area contributed by atoms with Gasteiger partial charge in [-0.2, -0.15) is 0 Å². The lowest BCUT2D eigenvalue weighted by atomic mass is 10.2. The zero-order valence-corrected chi connectivity index (χ0v) is 14.7. The van der Waals surface area contributed by atoms with Crippen molar-refractivity contribution in [3.63, 3.8) is 0 Å². The first-order valence-corrected chi connectivity index (χ1v) is 9.55. The van der Waals surface area contributed by atoms with Crippen LogP contribution >= 0.6 is 7.92 Å². The molecule has 0 amide bonds. The third-order valence-corrected chi connectivity index (χ3v) is 5.80. The van der Waals surface area contributed by atoms with Gasteiger partial charge >= 0.3 is 5.97 Å². The monoisotopic (exact) mass is 312 g/mol. The predicted molar refractivity (Wildman–Crippen MR) is 91.0 cm³/mol. The molecule has 0 aliphatic rings. The Morgan fingerprint density at radius 2 is 1.76 bits per heavy atom. The summed E-state index contributed by atoms with van der Waals surface area (Å²) in [7, 11) is -0.465. The molecule has 0 aliphatic heterocycles. The number of carbonyl (C=O) groups excluding carboxylic acids is 2. The fourth-order valence-corrected chi connectivity index (χ4v) is 4.28. The Hall–Kier alpha value is -0.950. The van der Waals surface area contributed by atoms with Gasteiger partial charge in [0.15, 0.2) is 0 Å². The van der Waals surface area contributed by atoms with Crippen LogP contribution in [-0.2, 0) is 14.3 Å². The van der Waals surface area contributed by atoms with Crippen molar-refractivity contribution in [1.82, 2.24) is 0 Å². The Bertz CT molecular complexity index is 372. The van der Waals surface area contributed by atoms with E-state index < -0.39 is 7.92 Å². The molecule has 0 saturated heterocycles. The number of ether oxygens (including phenoxy) is 1. The molecule has 0 aromatic heterocycles. The highest BCUT2D eigenvalue weighted by Crippen LogP contribution is 2.46. The molecule has 0 aromatic rings. The van der Waals surface area contributed by atoms with Crippen molar-refractivity contribution in [1.29, 1.82) is 0 Å². The highest BCUT2D eigenvalue weighted by atomic mass is 31.1. The van der Waals surface area contributed by atoms with E-state index in [0.717, 1.165) is 18.7 Å². The lowest BCUT2D eigenvalue weighted by molar-refractivity contribution is -0.142. The lowest BCUT2D eigenvalue weighted by Gasteiger charge is -2.18. The van der Waals surface area contributed by atoms with E-state index >= 15 is 0 Å². The second-order valence-corrected chi connectivity index (χ2v) is 7.20. The number of esters is 1. The molecular weight excluding hydrogens is 283 g/mol. The summed E-state index contributed by atoms with van der Waals surface area (Å²) < 4.78 is 5.00. The van der Waals surface area contributed by atoms with Crippen molar-refractivity contribution < 1.29 is 14.3 Å². The number of Topliss-reactive ketones (excluding diaryl/α,β-unsaturated/α-hetero) is 1. The summed E-state index contributed by atoms with van der Waals surface area (Å²) in [6.45, 7) is 8.28. The van der Waals surface area contributed by atoms with Gasteiger partial charge < -0.3 is 4.74 Å². The Kier molecular flexibility index (Phi) is 12.2. The minimum Gasteiger partial charge on any atom is -0.466 e. The predicted octanol–water partition coefficient (Wildman–Crippen LogP) is 4.66. The van der Waals surface area contributed by atoms with E-state index in [2.05, 4.69) is 25.2 Å². The number of rotatable bonds is 11. The first kappa shape index (κ1) is 20.1. The SMILES string of the molecule is C/C=C(\C=C/CC)P(CCC(=O)CC)CCC(=O)OCC. The second kappa shape index (κ2) is 12.8. The van der Waals surface area contributed by atoms with Gasteiger partial charge in [0.25, 0.3) is 0 Å². The molecule has 21 heavy (non-hydrogen) atoms. The standard InChI is InChI=1S/C17H29O3P/c1-5-9-10-16(7-3)21(13-11-15(18)6-2)14-12-17(19)20-8-4/h7,9-10H,5-6,8,11-14H2,1-4H3/b10-9-,16-7+. The molecule has 0 spiro atoms. The van der Waals surface area contributed by atoms with Crippen molar-refractivity contribution in [2.24, 2.45) is 0 Å². The molecule has 0 N–H and O–H groups in total. The molecule has 0 bridgehead atoms. The maximum absolute atomic E-state index is 11.6. The van der Waals surface area contributed by atoms with Crippen LogP contribution in [0.25, 0.3) is 0 Å². The van der Waals surface area contributed by atoms with Gasteiger partial charge in [0.05, 0.1) is 6.61 Å². The minimum atomic E-state index is -0.465. The maximum Gasteiger partial charge on any atom is 0.306 e. The van der Waals surface area contributed by atoms with Crippen LogP contribution in [0.4, 0.5) is 0 Å². The third-order valence-electron chi connectivity index (χ3n) is 3.13. The van der Waals surface area contributed by atoms with E-state index in [1.165, 1.54) is 5.31 Å². The van der Waals surface area contributed by atoms with Crippen molar-refractivity contribution in [2.75, 3.05) is 18.9 Å². The normalized spacial score (nSPS) is 13.4. The summed E-state index contributed by atoms with van der Waals surface area (Å²) in [6, 6.07) is 0. The van der Waals surface area contributed by atoms with E-state index in [9.17, 15) is 9.59 Å². The van der Waals surface area contributed by atoms with Crippen LogP contribution in [0, 0.1) is 0 Å². The highest BCUT2D eigenvalue weighted by Gasteiger charge is 2.15. The van der Waals surface area contributed by atoms with E-state index in [1.54, 1.807) is 0 Å². The Morgan fingerprint density at radius 3 is 2.29 bits per heavy atom. The maximum atomic E-state index is 11.6. The first-order valence-electron chi connectivity index (χ1n) is 7.84. The van der Waals surface area contributed by atoms with Crippen LogP contribution in [0.5, 0.6) is 0 Å². The summed E-state index contributed by atoms with van der Waals surface area (Å²) in [6.07, 6.45) is 10.7. The molecule has 0 fully saturated rings. The molecule has 3 nitrogen and oxygen atoms in total. The number of hydrogen-bond donors (Lipinski definition) is 0. The van der Waals surface area contributed by atoms with E-state index in [4.69, 9.17) is 4.74 Å². The number of hydrogen-bond acceptors (Lipinski definition) is 3. The van der Waals surface area contributed by atoms with Crippen molar-refractivity contribution in [3.8, 4) is 0 Å². The molecule has 0 aromatic carbocycles. The molecule has 1 unspecified atom stereocenters. The number of carbonyl (C=O) groups is 2. The molecule has 0 aliphatic carbocycles. The van der Waals surface area contributed by atoms with Gasteiger partial charge in [0.2, 0.25) is 0 Å². The van der Waals surface area contributed by atoms with Gasteiger partial charge in [-0.25, -0.2) is 0 Å². The molecule has 0 heterocycles. The number of allylic oxidation sites excluding steroid dienone is 4. The molecule has 0 rings (SSSR count). The van der Waals surface area contributed by atoms with Crippen LogP contribution < -0.4 is 0 Å². The molecule has 0 saturated carbocycles. The van der Waals surface area contributed by atoms with Gasteiger partial charge in [-0.1, -0.05) is 40.0 Å². The quantitative estimate of drug-likeness (QED) is 0.316. The molecular formula is C17H29O3P. The summed E-state index contributed by atoms with van der Waals surface area (Å²) >= 11 is 0. The minimum absolute atomic E-state index is 0.137. The summed E-state index contributed by atoms with van der Waals surface area (Å²) in [4.78, 5) is 23.1. The average Bonchev–Trinajstić information content (AvgIpc) is 2.49. The van der Waals surface area contributed by atoms with Gasteiger partial charge in [0, 0.05) is 19.3 Å². The zero-order chi connectivity index (χ0) is 16.1. The lowest BCUT2D eigenvalue weighted by Crippen LogP contribution is -2.07. The van der Waals surface area contributed by atoms with Gasteiger partial charge in [-0.15, -0.1) is 0 Å². The molecule has 1 atom stereocenters. The fourth-order valence-electron chi connectivity index (χ4n) is 1.89. The fraction of sp³-hybridized carbons (Fsp3) is 0.647. The van der Waals surface area contributed by atoms with Crippen LogP contribution in [0.1, 0.15) is 53.4 Å². The first-order chi connectivity index (χ1) is 10.1. The van der Waals surface area contributed by atoms with E-state index in [1.807, 2.05) is 20.8 Å². The van der Waals surface area contributed by atoms with Crippen molar-refractivity contribution >= 4 is 19.7 Å². The Morgan fingerprint density at radius 1 is 1.10 bits per heavy atom. The van der Waals surface area contributed by atoms with Crippen molar-refractivity contribution in [2.45, 2.75) is 53.4 Å². The summed E-state index contributed by atoms with van der Waals surface area (Å²) in [5.41, 5.74) is 0. The van der Waals surface area contributed by atoms with Gasteiger partial charge in [-0.05, 0) is 37.9 Å². The zero-order valence-electron chi connectivity index (χ0n) is 13.9. The van der Waals surface area contributed by atoms with Crippen LogP contribution in [0.15, 0.2) is 23.5 Å². The Labute approximate surface area is 130 Å². The molecule has 120 valence electrons. The Balaban J connectivity index is 4.69.